The largest absolute Gasteiger partial charge is 0.395 e. The van der Waals surface area contributed by atoms with Gasteiger partial charge in [0.25, 0.3) is 5.91 Å². The third-order valence-electron chi connectivity index (χ3n) is 3.19. The number of aliphatic hydroxyl groups excluding tert-OH is 1. The van der Waals surface area contributed by atoms with Gasteiger partial charge in [-0.15, -0.1) is 0 Å². The summed E-state index contributed by atoms with van der Waals surface area (Å²) >= 11 is 1.85. The molecule has 112 valence electrons. The Morgan fingerprint density at radius 2 is 2.38 bits per heavy atom. The molecule has 1 aromatic rings. The van der Waals surface area contributed by atoms with Crippen molar-refractivity contribution >= 4 is 17.7 Å². The zero-order valence-corrected chi connectivity index (χ0v) is 12.5. The van der Waals surface area contributed by atoms with Crippen molar-refractivity contribution in [2.45, 2.75) is 24.5 Å². The Bertz CT molecular complexity index is 559. The lowest BCUT2D eigenvalue weighted by atomic mass is 10.1. The Morgan fingerprint density at radius 3 is 3.10 bits per heavy atom. The zero-order chi connectivity index (χ0) is 15.1. The van der Waals surface area contributed by atoms with Gasteiger partial charge in [-0.25, -0.2) is 4.39 Å². The van der Waals surface area contributed by atoms with Crippen LogP contribution in [0.1, 0.15) is 35.2 Å². The third kappa shape index (κ3) is 4.76. The summed E-state index contributed by atoms with van der Waals surface area (Å²) in [5.41, 5.74) is 0.596. The SMILES string of the molecule is O=C(NCC1CCCS1)c1cc(C#CCCO)ccc1F. The molecule has 0 bridgehead atoms. The van der Waals surface area contributed by atoms with Crippen molar-refractivity contribution < 1.29 is 14.3 Å². The molecule has 0 saturated carbocycles. The van der Waals surface area contributed by atoms with Crippen LogP contribution in [0.15, 0.2) is 18.2 Å². The lowest BCUT2D eigenvalue weighted by Crippen LogP contribution is -2.30. The van der Waals surface area contributed by atoms with Gasteiger partial charge in [-0.3, -0.25) is 4.79 Å². The summed E-state index contributed by atoms with van der Waals surface area (Å²) in [6, 6.07) is 4.24. The summed E-state index contributed by atoms with van der Waals surface area (Å²) in [7, 11) is 0. The number of nitrogens with one attached hydrogen (secondary N) is 1. The fraction of sp³-hybridized carbons (Fsp3) is 0.438. The second-order valence-corrected chi connectivity index (χ2v) is 6.22. The molecule has 1 aliphatic heterocycles. The van der Waals surface area contributed by atoms with Crippen LogP contribution in [0.5, 0.6) is 0 Å². The predicted molar refractivity (Wildman–Crippen MR) is 82.8 cm³/mol. The summed E-state index contributed by atoms with van der Waals surface area (Å²) in [6.45, 7) is 0.559. The smallest absolute Gasteiger partial charge is 0.254 e. The fourth-order valence-corrected chi connectivity index (χ4v) is 3.31. The summed E-state index contributed by atoms with van der Waals surface area (Å²) in [4.78, 5) is 12.1. The molecule has 0 aromatic heterocycles. The van der Waals surface area contributed by atoms with Crippen molar-refractivity contribution in [2.75, 3.05) is 18.9 Å². The van der Waals surface area contributed by atoms with Gasteiger partial charge in [0, 0.05) is 23.8 Å². The molecule has 21 heavy (non-hydrogen) atoms. The molecule has 2 rings (SSSR count). The quantitative estimate of drug-likeness (QED) is 0.838. The summed E-state index contributed by atoms with van der Waals surface area (Å²) in [6.07, 6.45) is 2.63. The van der Waals surface area contributed by atoms with E-state index >= 15 is 0 Å². The molecule has 1 aromatic carbocycles. The van der Waals surface area contributed by atoms with E-state index in [-0.39, 0.29) is 12.2 Å². The van der Waals surface area contributed by atoms with Gasteiger partial charge in [0.15, 0.2) is 0 Å². The first-order valence-corrected chi connectivity index (χ1v) is 8.04. The molecule has 0 spiro atoms. The highest BCUT2D eigenvalue weighted by atomic mass is 32.2. The number of aliphatic hydroxyl groups is 1. The number of halogens is 1. The van der Waals surface area contributed by atoms with Crippen LogP contribution in [0.2, 0.25) is 0 Å². The molecule has 5 heteroatoms. The number of benzene rings is 1. The molecule has 1 saturated heterocycles. The summed E-state index contributed by atoms with van der Waals surface area (Å²) < 4.78 is 13.8. The lowest BCUT2D eigenvalue weighted by Gasteiger charge is -2.10. The summed E-state index contributed by atoms with van der Waals surface area (Å²) in [5, 5.41) is 11.9. The molecule has 2 N–H and O–H groups in total. The minimum absolute atomic E-state index is 0.0133. The van der Waals surface area contributed by atoms with Crippen molar-refractivity contribution in [1.82, 2.24) is 5.32 Å². The Balaban J connectivity index is 2.01. The van der Waals surface area contributed by atoms with Crippen LogP contribution in [-0.4, -0.2) is 35.2 Å². The fourth-order valence-electron chi connectivity index (χ4n) is 2.10. The van der Waals surface area contributed by atoms with Crippen molar-refractivity contribution in [3.8, 4) is 11.8 Å². The summed E-state index contributed by atoms with van der Waals surface area (Å²) in [5.74, 6) is 5.75. The van der Waals surface area contributed by atoms with E-state index in [4.69, 9.17) is 5.11 Å². The predicted octanol–water partition coefficient (Wildman–Crippen LogP) is 2.19. The highest BCUT2D eigenvalue weighted by Crippen LogP contribution is 2.25. The number of rotatable bonds is 4. The molecule has 1 amide bonds. The molecule has 0 radical (unpaired) electrons. The van der Waals surface area contributed by atoms with E-state index in [1.807, 2.05) is 11.8 Å². The first kappa shape index (κ1) is 15.9. The second kappa shape index (κ2) is 8.06. The minimum atomic E-state index is -0.542. The van der Waals surface area contributed by atoms with E-state index in [0.29, 0.717) is 23.8 Å². The van der Waals surface area contributed by atoms with E-state index in [2.05, 4.69) is 17.2 Å². The average Bonchev–Trinajstić information content (AvgIpc) is 3.00. The molecule has 1 atom stereocenters. The molecule has 1 fully saturated rings. The Kier molecular flexibility index (Phi) is 6.09. The van der Waals surface area contributed by atoms with Crippen molar-refractivity contribution in [1.29, 1.82) is 0 Å². The van der Waals surface area contributed by atoms with Gasteiger partial charge in [0.2, 0.25) is 0 Å². The van der Waals surface area contributed by atoms with Crippen molar-refractivity contribution in [3.63, 3.8) is 0 Å². The first-order chi connectivity index (χ1) is 10.2. The third-order valence-corrected chi connectivity index (χ3v) is 4.59. The van der Waals surface area contributed by atoms with E-state index in [1.54, 1.807) is 0 Å². The number of carbonyl (C=O) groups excluding carboxylic acids is 1. The van der Waals surface area contributed by atoms with Crippen molar-refractivity contribution in [2.24, 2.45) is 0 Å². The number of thioether (sulfide) groups is 1. The molecular weight excluding hydrogens is 289 g/mol. The van der Waals surface area contributed by atoms with Gasteiger partial charge in [0.05, 0.1) is 12.2 Å². The monoisotopic (exact) mass is 307 g/mol. The zero-order valence-electron chi connectivity index (χ0n) is 11.7. The molecule has 1 heterocycles. The van der Waals surface area contributed by atoms with Gasteiger partial charge in [-0.1, -0.05) is 11.8 Å². The van der Waals surface area contributed by atoms with Crippen LogP contribution in [0.4, 0.5) is 4.39 Å². The van der Waals surface area contributed by atoms with E-state index in [9.17, 15) is 9.18 Å². The van der Waals surface area contributed by atoms with Gasteiger partial charge in [-0.2, -0.15) is 11.8 Å². The van der Waals surface area contributed by atoms with Crippen LogP contribution in [0, 0.1) is 17.7 Å². The second-order valence-electron chi connectivity index (χ2n) is 4.82. The van der Waals surface area contributed by atoms with Crippen LogP contribution < -0.4 is 5.32 Å². The highest BCUT2D eigenvalue weighted by Gasteiger charge is 2.18. The molecular formula is C16H18FNO2S. The standard InChI is InChI=1S/C16H18FNO2S/c17-15-7-6-12(4-1-2-8-19)10-14(15)16(20)18-11-13-5-3-9-21-13/h6-7,10,13,19H,2-3,5,8-9,11H2,(H,18,20). The van der Waals surface area contributed by atoms with E-state index in [1.165, 1.54) is 24.6 Å². The van der Waals surface area contributed by atoms with Crippen molar-refractivity contribution in [3.05, 3.63) is 35.1 Å². The number of amides is 1. The van der Waals surface area contributed by atoms with Gasteiger partial charge >= 0.3 is 0 Å². The number of carbonyl (C=O) groups is 1. The molecule has 0 aliphatic carbocycles. The maximum Gasteiger partial charge on any atom is 0.254 e. The average molecular weight is 307 g/mol. The number of hydrogen-bond donors (Lipinski definition) is 2. The Hall–Kier alpha value is -1.51. The van der Waals surface area contributed by atoms with Gasteiger partial charge in [0.1, 0.15) is 5.82 Å². The molecule has 1 aliphatic rings. The number of hydrogen-bond acceptors (Lipinski definition) is 3. The molecule has 1 unspecified atom stereocenters. The van der Waals surface area contributed by atoms with Crippen LogP contribution in [-0.2, 0) is 0 Å². The Morgan fingerprint density at radius 1 is 1.52 bits per heavy atom. The maximum absolute atomic E-state index is 13.8. The Labute approximate surface area is 128 Å². The first-order valence-electron chi connectivity index (χ1n) is 7.00. The minimum Gasteiger partial charge on any atom is -0.395 e. The lowest BCUT2D eigenvalue weighted by molar-refractivity contribution is 0.0949. The van der Waals surface area contributed by atoms with Crippen LogP contribution in [0.25, 0.3) is 0 Å². The van der Waals surface area contributed by atoms with Crippen LogP contribution in [0.3, 0.4) is 0 Å². The van der Waals surface area contributed by atoms with E-state index < -0.39 is 11.7 Å². The normalized spacial score (nSPS) is 17.1. The van der Waals surface area contributed by atoms with E-state index in [0.717, 1.165) is 12.2 Å². The topological polar surface area (TPSA) is 49.3 Å². The van der Waals surface area contributed by atoms with Crippen LogP contribution >= 0.6 is 11.8 Å². The van der Waals surface area contributed by atoms with Gasteiger partial charge < -0.3 is 10.4 Å². The molecule has 3 nitrogen and oxygen atoms in total. The maximum atomic E-state index is 13.8. The van der Waals surface area contributed by atoms with Gasteiger partial charge in [-0.05, 0) is 36.8 Å². The highest BCUT2D eigenvalue weighted by molar-refractivity contribution is 8.00.